The van der Waals surface area contributed by atoms with Gasteiger partial charge in [-0.15, -0.1) is 0 Å². The van der Waals surface area contributed by atoms with Gasteiger partial charge in [0.05, 0.1) is 6.54 Å². The Kier molecular flexibility index (Phi) is 13.2. The van der Waals surface area contributed by atoms with Gasteiger partial charge in [-0.25, -0.2) is 14.4 Å². The maximum Gasteiger partial charge on any atom is 0.362 e. The molecule has 0 saturated heterocycles. The second-order valence-electron chi connectivity index (χ2n) is 7.93. The molecule has 0 aliphatic heterocycles. The van der Waals surface area contributed by atoms with Crippen LogP contribution in [0.2, 0.25) is 0 Å². The fourth-order valence-corrected chi connectivity index (χ4v) is 3.96. The van der Waals surface area contributed by atoms with Gasteiger partial charge in [0.1, 0.15) is 0 Å². The van der Waals surface area contributed by atoms with E-state index in [9.17, 15) is 29.7 Å². The van der Waals surface area contributed by atoms with E-state index < -0.39 is 40.5 Å². The molecule has 7 heteroatoms. The normalized spacial score (nSPS) is 16.8. The standard InChI is InChI=1S/C22H39NO6/c1-5-6-7-8-9-10-11-12-13-14-15-16-23(17(2)20(24)25,18(3)21(26)27)19(4)22(28)29/h13-14,17-19H,5-12,15-16H2,1-4H3,(H2-,24,25,26,27,28,29)/p+1/b14-13+. The summed E-state index contributed by atoms with van der Waals surface area (Å²) < 4.78 is -0.526. The topological polar surface area (TPSA) is 112 Å². The van der Waals surface area contributed by atoms with E-state index in [4.69, 9.17) is 0 Å². The van der Waals surface area contributed by atoms with E-state index in [1.807, 2.05) is 12.2 Å². The third-order valence-corrected chi connectivity index (χ3v) is 6.06. The van der Waals surface area contributed by atoms with Crippen LogP contribution in [0.4, 0.5) is 0 Å². The number of hydrogen-bond acceptors (Lipinski definition) is 3. The molecule has 0 radical (unpaired) electrons. The van der Waals surface area contributed by atoms with Crippen molar-refractivity contribution in [2.45, 2.75) is 104 Å². The smallest absolute Gasteiger partial charge is 0.362 e. The van der Waals surface area contributed by atoms with E-state index in [1.54, 1.807) is 0 Å². The molecule has 3 unspecified atom stereocenters. The van der Waals surface area contributed by atoms with Crippen molar-refractivity contribution in [3.8, 4) is 0 Å². The van der Waals surface area contributed by atoms with Crippen molar-refractivity contribution >= 4 is 17.9 Å². The average molecular weight is 415 g/mol. The molecular formula is C22H40NO6+. The fraction of sp³-hybridized carbons (Fsp3) is 0.773. The number of unbranched alkanes of at least 4 members (excludes halogenated alkanes) is 7. The largest absolute Gasteiger partial charge is 0.477 e. The quantitative estimate of drug-likeness (QED) is 0.186. The summed E-state index contributed by atoms with van der Waals surface area (Å²) in [6, 6.07) is -3.45. The molecule has 0 spiro atoms. The lowest BCUT2D eigenvalue weighted by Gasteiger charge is -2.47. The summed E-state index contributed by atoms with van der Waals surface area (Å²) in [7, 11) is 0. The van der Waals surface area contributed by atoms with Crippen molar-refractivity contribution in [3.63, 3.8) is 0 Å². The Morgan fingerprint density at radius 1 is 0.690 bits per heavy atom. The first-order valence-electron chi connectivity index (χ1n) is 10.8. The van der Waals surface area contributed by atoms with Gasteiger partial charge in [-0.3, -0.25) is 4.48 Å². The molecule has 0 saturated carbocycles. The van der Waals surface area contributed by atoms with Crippen molar-refractivity contribution in [2.24, 2.45) is 0 Å². The van der Waals surface area contributed by atoms with Crippen LogP contribution < -0.4 is 0 Å². The van der Waals surface area contributed by atoms with Crippen LogP contribution in [0, 0.1) is 0 Å². The van der Waals surface area contributed by atoms with Crippen LogP contribution in [-0.4, -0.2) is 62.4 Å². The van der Waals surface area contributed by atoms with E-state index in [0.717, 1.165) is 12.8 Å². The summed E-state index contributed by atoms with van der Waals surface area (Å²) >= 11 is 0. The second-order valence-corrected chi connectivity index (χ2v) is 7.93. The molecule has 3 N–H and O–H groups in total. The number of aliphatic carboxylic acids is 3. The Morgan fingerprint density at radius 3 is 1.48 bits per heavy atom. The molecule has 0 aromatic carbocycles. The van der Waals surface area contributed by atoms with Crippen molar-refractivity contribution < 1.29 is 34.2 Å². The molecule has 0 bridgehead atoms. The van der Waals surface area contributed by atoms with Gasteiger partial charge < -0.3 is 15.3 Å². The monoisotopic (exact) mass is 414 g/mol. The molecule has 0 aromatic rings. The van der Waals surface area contributed by atoms with Crippen molar-refractivity contribution in [2.75, 3.05) is 6.54 Å². The Bertz CT molecular complexity index is 495. The first-order chi connectivity index (χ1) is 13.6. The molecule has 0 heterocycles. The second kappa shape index (κ2) is 14.1. The van der Waals surface area contributed by atoms with Gasteiger partial charge in [0.25, 0.3) is 0 Å². The van der Waals surface area contributed by atoms with E-state index in [-0.39, 0.29) is 6.54 Å². The molecule has 0 aliphatic rings. The fourth-order valence-electron chi connectivity index (χ4n) is 3.96. The van der Waals surface area contributed by atoms with Gasteiger partial charge in [0.15, 0.2) is 18.1 Å². The van der Waals surface area contributed by atoms with Crippen LogP contribution in [0.25, 0.3) is 0 Å². The third-order valence-electron chi connectivity index (χ3n) is 6.06. The Balaban J connectivity index is 4.95. The highest BCUT2D eigenvalue weighted by molar-refractivity contribution is 5.77. The zero-order chi connectivity index (χ0) is 22.4. The van der Waals surface area contributed by atoms with Crippen LogP contribution in [-0.2, 0) is 14.4 Å². The van der Waals surface area contributed by atoms with Gasteiger partial charge in [0, 0.05) is 6.42 Å². The average Bonchev–Trinajstić information content (AvgIpc) is 2.67. The van der Waals surface area contributed by atoms with E-state index >= 15 is 0 Å². The lowest BCUT2D eigenvalue weighted by Crippen LogP contribution is -2.70. The number of nitrogens with zero attached hydrogens (tertiary/aromatic N) is 1. The molecule has 0 amide bonds. The molecule has 0 aromatic heterocycles. The first kappa shape index (κ1) is 27.1. The molecule has 29 heavy (non-hydrogen) atoms. The van der Waals surface area contributed by atoms with E-state index in [2.05, 4.69) is 6.92 Å². The summed E-state index contributed by atoms with van der Waals surface area (Å²) in [6.45, 7) is 6.52. The van der Waals surface area contributed by atoms with Crippen LogP contribution in [0.3, 0.4) is 0 Å². The molecule has 0 fully saturated rings. The van der Waals surface area contributed by atoms with Crippen LogP contribution in [0.5, 0.6) is 0 Å². The summed E-state index contributed by atoms with van der Waals surface area (Å²) in [5.41, 5.74) is 0. The van der Waals surface area contributed by atoms with E-state index in [0.29, 0.717) is 6.42 Å². The van der Waals surface area contributed by atoms with Crippen molar-refractivity contribution in [1.29, 1.82) is 0 Å². The highest BCUT2D eigenvalue weighted by Gasteiger charge is 2.52. The van der Waals surface area contributed by atoms with Crippen molar-refractivity contribution in [3.05, 3.63) is 12.2 Å². The lowest BCUT2D eigenvalue weighted by molar-refractivity contribution is -0.967. The van der Waals surface area contributed by atoms with Crippen molar-refractivity contribution in [1.82, 2.24) is 0 Å². The number of carbonyl (C=O) groups is 3. The minimum atomic E-state index is -1.20. The number of carboxylic acids is 3. The Hall–Kier alpha value is -1.89. The predicted octanol–water partition coefficient (Wildman–Crippen LogP) is 4.31. The number of quaternary nitrogens is 1. The summed E-state index contributed by atoms with van der Waals surface area (Å²) in [5, 5.41) is 28.6. The third kappa shape index (κ3) is 8.56. The highest BCUT2D eigenvalue weighted by Crippen LogP contribution is 2.27. The van der Waals surface area contributed by atoms with Crippen LogP contribution >= 0.6 is 0 Å². The molecule has 168 valence electrons. The van der Waals surface area contributed by atoms with E-state index in [1.165, 1.54) is 59.3 Å². The van der Waals surface area contributed by atoms with Gasteiger partial charge in [-0.05, 0) is 33.6 Å². The summed E-state index contributed by atoms with van der Waals surface area (Å²) in [4.78, 5) is 35.0. The molecule has 7 nitrogen and oxygen atoms in total. The number of hydrogen-bond donors (Lipinski definition) is 3. The van der Waals surface area contributed by atoms with Gasteiger partial charge in [-0.1, -0.05) is 57.6 Å². The highest BCUT2D eigenvalue weighted by atomic mass is 16.4. The molecule has 0 rings (SSSR count). The lowest BCUT2D eigenvalue weighted by atomic mass is 10.0. The molecular weight excluding hydrogens is 374 g/mol. The Morgan fingerprint density at radius 2 is 1.07 bits per heavy atom. The van der Waals surface area contributed by atoms with Crippen LogP contribution in [0.15, 0.2) is 12.2 Å². The number of allylic oxidation sites excluding steroid dienone is 1. The Labute approximate surface area is 175 Å². The van der Waals surface area contributed by atoms with Gasteiger partial charge in [0.2, 0.25) is 0 Å². The maximum atomic E-state index is 11.7. The summed E-state index contributed by atoms with van der Waals surface area (Å²) in [5.74, 6) is -3.59. The maximum absolute atomic E-state index is 11.7. The SMILES string of the molecule is CCCCCCCCC/C=C/CC[N+](C(C)C(=O)O)(C(C)C(=O)O)C(C)C(=O)O. The number of carboxylic acid groups (broad SMARTS) is 3. The zero-order valence-corrected chi connectivity index (χ0v) is 18.5. The minimum absolute atomic E-state index is 0.141. The van der Waals surface area contributed by atoms with Crippen LogP contribution in [0.1, 0.15) is 85.5 Å². The number of rotatable bonds is 17. The minimum Gasteiger partial charge on any atom is -0.477 e. The van der Waals surface area contributed by atoms with Gasteiger partial charge >= 0.3 is 17.9 Å². The zero-order valence-electron chi connectivity index (χ0n) is 18.5. The molecule has 3 atom stereocenters. The predicted molar refractivity (Wildman–Crippen MR) is 113 cm³/mol. The van der Waals surface area contributed by atoms with Gasteiger partial charge in [-0.2, -0.15) is 0 Å². The summed E-state index contributed by atoms with van der Waals surface area (Å²) in [6.07, 6.45) is 13.9. The first-order valence-corrected chi connectivity index (χ1v) is 10.8. The molecule has 0 aliphatic carbocycles.